The number of nitrogens with one attached hydrogen (secondary N) is 2. The van der Waals surface area contributed by atoms with E-state index in [2.05, 4.69) is 20.6 Å². The summed E-state index contributed by atoms with van der Waals surface area (Å²) in [4.78, 5) is 53.9. The molecule has 12 nitrogen and oxygen atoms in total. The van der Waals surface area contributed by atoms with E-state index in [1.165, 1.54) is 4.90 Å². The van der Waals surface area contributed by atoms with Crippen LogP contribution in [-0.2, 0) is 9.59 Å². The highest BCUT2D eigenvalue weighted by Crippen LogP contribution is 2.45. The molecule has 1 aromatic carbocycles. The normalized spacial score (nSPS) is 26.6. The molecule has 228 valence electrons. The van der Waals surface area contributed by atoms with Gasteiger partial charge < -0.3 is 30.1 Å². The van der Waals surface area contributed by atoms with Crippen molar-refractivity contribution in [1.29, 1.82) is 0 Å². The lowest BCUT2D eigenvalue weighted by molar-refractivity contribution is -0.143. The van der Waals surface area contributed by atoms with Gasteiger partial charge in [0.1, 0.15) is 35.0 Å². The lowest BCUT2D eigenvalue weighted by Gasteiger charge is -2.25. The van der Waals surface area contributed by atoms with Gasteiger partial charge in [-0.3, -0.25) is 14.8 Å². The Bertz CT molecular complexity index is 1520. The van der Waals surface area contributed by atoms with Crippen molar-refractivity contribution in [2.45, 2.75) is 63.7 Å². The molecule has 0 bridgehead atoms. The average Bonchev–Trinajstić information content (AvgIpc) is 3.51. The molecule has 0 radical (unpaired) electrons. The summed E-state index contributed by atoms with van der Waals surface area (Å²) in [6.45, 7) is 4.40. The van der Waals surface area contributed by atoms with Gasteiger partial charge in [0.25, 0.3) is 0 Å². The second-order valence-corrected chi connectivity index (χ2v) is 11.3. The summed E-state index contributed by atoms with van der Waals surface area (Å²) in [5.74, 6) is -0.732. The second kappa shape index (κ2) is 12.4. The fourth-order valence-electron chi connectivity index (χ4n) is 5.49. The van der Waals surface area contributed by atoms with Crippen LogP contribution in [0.5, 0.6) is 11.5 Å². The maximum atomic E-state index is 13.5. The van der Waals surface area contributed by atoms with Crippen molar-refractivity contribution < 1.29 is 29.0 Å². The first-order valence-electron chi connectivity index (χ1n) is 14.6. The Kier molecular flexibility index (Phi) is 8.65. The highest BCUT2D eigenvalue weighted by atomic mass is 16.5. The van der Waals surface area contributed by atoms with Crippen LogP contribution in [0.1, 0.15) is 50.3 Å². The predicted molar refractivity (Wildman–Crippen MR) is 162 cm³/mol. The number of hydrogen-bond acceptors (Lipinski definition) is 8. The van der Waals surface area contributed by atoms with Gasteiger partial charge in [0, 0.05) is 42.9 Å². The van der Waals surface area contributed by atoms with Gasteiger partial charge in [-0.05, 0) is 51.7 Å². The number of carboxylic acids is 1. The number of benzene rings is 1. The van der Waals surface area contributed by atoms with Crippen LogP contribution in [0.15, 0.2) is 40.3 Å². The van der Waals surface area contributed by atoms with Crippen LogP contribution >= 0.6 is 0 Å². The van der Waals surface area contributed by atoms with Gasteiger partial charge in [0.15, 0.2) is 0 Å². The summed E-state index contributed by atoms with van der Waals surface area (Å²) in [7, 11) is 3.28. The molecule has 3 N–H and O–H groups in total. The Morgan fingerprint density at radius 2 is 2.05 bits per heavy atom. The SMILES string of the molecule is COc1ccc2c(OCC[C@@H]3NC(=O)N(C)CCCC/C=C\[C@H]4C[C@@]4(C(=O)O)NC3=O)cc(C3=NC(C)N=C3)nc2c1C. The molecule has 1 fully saturated rings. The van der Waals surface area contributed by atoms with Crippen molar-refractivity contribution in [3.05, 3.63) is 41.6 Å². The first kappa shape index (κ1) is 30.0. The molecule has 1 aliphatic carbocycles. The molecule has 1 unspecified atom stereocenters. The van der Waals surface area contributed by atoms with E-state index in [4.69, 9.17) is 14.5 Å². The molecule has 3 amide bonds. The molecule has 2 aromatic rings. The summed E-state index contributed by atoms with van der Waals surface area (Å²) in [6, 6.07) is 4.08. The Labute approximate surface area is 250 Å². The first-order chi connectivity index (χ1) is 20.6. The molecule has 3 aliphatic rings. The number of aryl methyl sites for hydroxylation is 1. The number of aliphatic imine (C=N–C) groups is 2. The monoisotopic (exact) mass is 590 g/mol. The van der Waals surface area contributed by atoms with Crippen molar-refractivity contribution >= 4 is 40.7 Å². The highest BCUT2D eigenvalue weighted by Gasteiger charge is 2.60. The number of aliphatic carboxylic acids is 1. The maximum Gasteiger partial charge on any atom is 0.330 e. The van der Waals surface area contributed by atoms with Gasteiger partial charge in [-0.25, -0.2) is 14.6 Å². The zero-order valence-corrected chi connectivity index (χ0v) is 24.9. The summed E-state index contributed by atoms with van der Waals surface area (Å²) in [5, 5.41) is 16.2. The number of allylic oxidation sites excluding steroid dienone is 1. The van der Waals surface area contributed by atoms with Crippen molar-refractivity contribution in [3.8, 4) is 11.5 Å². The van der Waals surface area contributed by atoms with E-state index in [1.54, 1.807) is 26.4 Å². The zero-order chi connectivity index (χ0) is 30.7. The molecule has 4 atom stereocenters. The van der Waals surface area contributed by atoms with E-state index >= 15 is 0 Å². The topological polar surface area (TPSA) is 155 Å². The summed E-state index contributed by atoms with van der Waals surface area (Å²) in [6.07, 6.45) is 8.19. The number of ether oxygens (including phenoxy) is 2. The zero-order valence-electron chi connectivity index (χ0n) is 24.9. The van der Waals surface area contributed by atoms with Crippen molar-refractivity contribution in [2.24, 2.45) is 15.9 Å². The van der Waals surface area contributed by atoms with Crippen LogP contribution in [0.2, 0.25) is 0 Å². The summed E-state index contributed by atoms with van der Waals surface area (Å²) < 4.78 is 11.8. The van der Waals surface area contributed by atoms with Gasteiger partial charge in [0.2, 0.25) is 5.91 Å². The minimum Gasteiger partial charge on any atom is -0.496 e. The summed E-state index contributed by atoms with van der Waals surface area (Å²) in [5.41, 5.74) is 1.37. The number of nitrogens with zero attached hydrogens (tertiary/aromatic N) is 4. The molecule has 0 saturated heterocycles. The van der Waals surface area contributed by atoms with Crippen molar-refractivity contribution in [1.82, 2.24) is 20.5 Å². The van der Waals surface area contributed by atoms with Gasteiger partial charge in [-0.15, -0.1) is 0 Å². The van der Waals surface area contributed by atoms with Crippen LogP contribution in [0.4, 0.5) is 4.79 Å². The van der Waals surface area contributed by atoms with Crippen LogP contribution in [0, 0.1) is 12.8 Å². The van der Waals surface area contributed by atoms with E-state index in [1.807, 2.05) is 38.1 Å². The number of carbonyl (C=O) groups is 3. The number of pyridine rings is 1. The fourth-order valence-corrected chi connectivity index (χ4v) is 5.49. The van der Waals surface area contributed by atoms with Gasteiger partial charge in [0.05, 0.1) is 31.1 Å². The van der Waals surface area contributed by atoms with E-state index < -0.39 is 29.5 Å². The lowest BCUT2D eigenvalue weighted by Crippen LogP contribution is -2.55. The third-order valence-corrected chi connectivity index (χ3v) is 8.22. The number of carbonyl (C=O) groups excluding carboxylic acids is 2. The van der Waals surface area contributed by atoms with Crippen molar-refractivity contribution in [2.75, 3.05) is 27.3 Å². The minimum absolute atomic E-state index is 0.0616. The smallest absolute Gasteiger partial charge is 0.330 e. The van der Waals surface area contributed by atoms with Crippen LogP contribution < -0.4 is 20.1 Å². The maximum absolute atomic E-state index is 13.5. The third-order valence-electron chi connectivity index (χ3n) is 8.22. The predicted octanol–water partition coefficient (Wildman–Crippen LogP) is 3.25. The van der Waals surface area contributed by atoms with E-state index in [9.17, 15) is 19.5 Å². The average molecular weight is 591 g/mol. The number of hydrogen-bond donors (Lipinski definition) is 3. The number of amides is 3. The minimum atomic E-state index is -1.37. The van der Waals surface area contributed by atoms with Gasteiger partial charge in [-0.2, -0.15) is 0 Å². The Morgan fingerprint density at radius 3 is 2.77 bits per heavy atom. The molecule has 12 heteroatoms. The van der Waals surface area contributed by atoms with E-state index in [0.717, 1.165) is 30.2 Å². The van der Waals surface area contributed by atoms with Gasteiger partial charge >= 0.3 is 12.0 Å². The quantitative estimate of drug-likeness (QED) is 0.418. The summed E-state index contributed by atoms with van der Waals surface area (Å²) >= 11 is 0. The van der Waals surface area contributed by atoms with Crippen LogP contribution in [-0.4, -0.2) is 89.9 Å². The molecule has 2 aliphatic heterocycles. The fraction of sp³-hybridized carbons (Fsp3) is 0.484. The van der Waals surface area contributed by atoms with E-state index in [-0.39, 0.29) is 25.1 Å². The Balaban J connectivity index is 1.40. The number of rotatable bonds is 7. The van der Waals surface area contributed by atoms with E-state index in [0.29, 0.717) is 41.4 Å². The largest absolute Gasteiger partial charge is 0.496 e. The number of methoxy groups -OCH3 is 1. The molecular formula is C31H38N6O6. The van der Waals surface area contributed by atoms with Crippen LogP contribution in [0.25, 0.3) is 10.9 Å². The van der Waals surface area contributed by atoms with Gasteiger partial charge in [-0.1, -0.05) is 12.2 Å². The first-order valence-corrected chi connectivity index (χ1v) is 14.6. The molecule has 43 heavy (non-hydrogen) atoms. The number of aromatic nitrogens is 1. The highest BCUT2D eigenvalue weighted by molar-refractivity contribution is 6.39. The number of fused-ring (bicyclic) bond motifs is 2. The Hall–Kier alpha value is -4.48. The molecule has 3 heterocycles. The molecule has 0 spiro atoms. The number of carboxylic acid groups (broad SMARTS) is 1. The molecule has 1 saturated carbocycles. The molecule has 1 aromatic heterocycles. The second-order valence-electron chi connectivity index (χ2n) is 11.3. The lowest BCUT2D eigenvalue weighted by atomic mass is 10.1. The molecular weight excluding hydrogens is 552 g/mol. The van der Waals surface area contributed by atoms with Crippen LogP contribution in [0.3, 0.4) is 0 Å². The Morgan fingerprint density at radius 1 is 1.23 bits per heavy atom. The standard InChI is InChI=1S/C31H38N6O6/c1-18-25(42-4)11-10-21-26(15-23(34-27(18)21)24-17-32-19(2)33-24)43-14-12-22-28(38)36-31(29(39)40)16-20(31)9-7-5-6-8-13-37(3)30(41)35-22/h7,9-11,15,17,19-20,22H,5-6,8,12-14,16H2,1-4H3,(H,35,41)(H,36,38)(H,39,40)/b9-7-/t19?,20-,22-,31+/m0/s1. The molecule has 5 rings (SSSR count). The van der Waals surface area contributed by atoms with Crippen molar-refractivity contribution in [3.63, 3.8) is 0 Å². The third kappa shape index (κ3) is 6.32. The number of urea groups is 1.